The largest absolute Gasteiger partial charge is 0.301 e. The molecule has 1 atom stereocenters. The van der Waals surface area contributed by atoms with E-state index in [0.717, 1.165) is 4.68 Å². The molecule has 1 N–H and O–H groups in total. The summed E-state index contributed by atoms with van der Waals surface area (Å²) in [6.07, 6.45) is 0. The van der Waals surface area contributed by atoms with Gasteiger partial charge in [0.1, 0.15) is 0 Å². The van der Waals surface area contributed by atoms with Crippen LogP contribution in [-0.4, -0.2) is 18.5 Å². The van der Waals surface area contributed by atoms with Crippen molar-refractivity contribution in [3.8, 4) is 0 Å². The summed E-state index contributed by atoms with van der Waals surface area (Å²) in [6, 6.07) is 0. The molecule has 0 radical (unpaired) electrons. The summed E-state index contributed by atoms with van der Waals surface area (Å²) in [6.45, 7) is 1.44. The van der Waals surface area contributed by atoms with E-state index in [2.05, 4.69) is 5.10 Å². The quantitative estimate of drug-likeness (QED) is 0.635. The zero-order valence-electron chi connectivity index (χ0n) is 6.04. The van der Waals surface area contributed by atoms with E-state index in [1.807, 2.05) is 0 Å². The number of hydrogen-bond donors (Lipinski definition) is 1. The summed E-state index contributed by atoms with van der Waals surface area (Å²) < 4.78 is 32.9. The van der Waals surface area contributed by atoms with Gasteiger partial charge in [0, 0.05) is 7.05 Å². The molecule has 0 fully saturated rings. The average Bonchev–Trinajstić information content (AvgIpc) is 2.07. The molecule has 0 saturated carbocycles. The minimum absolute atomic E-state index is 0.130. The normalized spacial score (nSPS) is 13.5. The van der Waals surface area contributed by atoms with Gasteiger partial charge in [0.2, 0.25) is 11.1 Å². The molecule has 1 unspecified atom stereocenters. The Balaban J connectivity index is 3.34. The van der Waals surface area contributed by atoms with Crippen LogP contribution < -0.4 is 0 Å². The van der Waals surface area contributed by atoms with Crippen LogP contribution in [0.3, 0.4) is 0 Å². The highest BCUT2D eigenvalue weighted by molar-refractivity contribution is 7.79. The van der Waals surface area contributed by atoms with Crippen LogP contribution in [0.4, 0.5) is 4.39 Å². The predicted molar refractivity (Wildman–Crippen MR) is 36.9 cm³/mol. The Hall–Kier alpha value is -0.750. The molecule has 0 amide bonds. The molecule has 1 heterocycles. The van der Waals surface area contributed by atoms with E-state index in [-0.39, 0.29) is 10.7 Å². The van der Waals surface area contributed by atoms with E-state index in [1.165, 1.54) is 14.0 Å². The first kappa shape index (κ1) is 8.35. The summed E-state index contributed by atoms with van der Waals surface area (Å²) in [5.74, 6) is -0.715. The Morgan fingerprint density at radius 1 is 1.73 bits per heavy atom. The number of halogens is 1. The summed E-state index contributed by atoms with van der Waals surface area (Å²) in [7, 11) is 1.42. The van der Waals surface area contributed by atoms with Crippen LogP contribution in [0.1, 0.15) is 5.69 Å². The Morgan fingerprint density at radius 3 is 2.45 bits per heavy atom. The van der Waals surface area contributed by atoms with E-state index in [0.29, 0.717) is 0 Å². The maximum Gasteiger partial charge on any atom is 0.208 e. The van der Waals surface area contributed by atoms with Crippen molar-refractivity contribution in [1.82, 2.24) is 9.78 Å². The molecule has 62 valence electrons. The molecular formula is C5H7FN2O2S. The van der Waals surface area contributed by atoms with Gasteiger partial charge in [-0.05, 0) is 6.92 Å². The number of nitrogens with zero attached hydrogens (tertiary/aromatic N) is 2. The van der Waals surface area contributed by atoms with Gasteiger partial charge in [-0.3, -0.25) is 4.68 Å². The lowest BCUT2D eigenvalue weighted by Crippen LogP contribution is -2.01. The zero-order valence-corrected chi connectivity index (χ0v) is 6.85. The van der Waals surface area contributed by atoms with Gasteiger partial charge in [-0.1, -0.05) is 0 Å². The second kappa shape index (κ2) is 2.71. The Labute approximate surface area is 65.3 Å². The molecule has 0 bridgehead atoms. The zero-order chi connectivity index (χ0) is 8.59. The molecule has 0 aliphatic carbocycles. The van der Waals surface area contributed by atoms with Gasteiger partial charge in [-0.15, -0.1) is 0 Å². The van der Waals surface area contributed by atoms with Gasteiger partial charge in [0.25, 0.3) is 0 Å². The fourth-order valence-electron chi connectivity index (χ4n) is 0.801. The molecule has 1 rings (SSSR count). The first-order chi connectivity index (χ1) is 5.04. The number of aromatic nitrogens is 2. The minimum atomic E-state index is -2.31. The summed E-state index contributed by atoms with van der Waals surface area (Å²) >= 11 is -2.31. The van der Waals surface area contributed by atoms with Gasteiger partial charge in [0.05, 0.1) is 5.69 Å². The second-order valence-electron chi connectivity index (χ2n) is 2.08. The van der Waals surface area contributed by atoms with Crippen LogP contribution >= 0.6 is 0 Å². The number of rotatable bonds is 1. The molecule has 0 aliphatic heterocycles. The molecular weight excluding hydrogens is 171 g/mol. The third-order valence-electron chi connectivity index (χ3n) is 1.26. The third-order valence-corrected chi connectivity index (χ3v) is 2.04. The topological polar surface area (TPSA) is 55.1 Å². The molecule has 0 saturated heterocycles. The lowest BCUT2D eigenvalue weighted by atomic mass is 10.5. The molecule has 0 spiro atoms. The molecule has 11 heavy (non-hydrogen) atoms. The SMILES string of the molecule is Cc1nn(C)c(S(=O)O)c1F. The fraction of sp³-hybridized carbons (Fsp3) is 0.400. The van der Waals surface area contributed by atoms with Crippen molar-refractivity contribution in [1.29, 1.82) is 0 Å². The summed E-state index contributed by atoms with van der Waals surface area (Å²) in [5, 5.41) is 3.33. The van der Waals surface area contributed by atoms with E-state index < -0.39 is 16.9 Å². The Kier molecular flexibility index (Phi) is 2.05. The summed E-state index contributed by atoms with van der Waals surface area (Å²) in [5.41, 5.74) is 0.130. The van der Waals surface area contributed by atoms with E-state index in [4.69, 9.17) is 4.55 Å². The lowest BCUT2D eigenvalue weighted by molar-refractivity contribution is 0.520. The maximum absolute atomic E-state index is 12.8. The van der Waals surface area contributed by atoms with Gasteiger partial charge < -0.3 is 4.55 Å². The van der Waals surface area contributed by atoms with Crippen molar-refractivity contribution in [2.45, 2.75) is 11.9 Å². The molecule has 1 aromatic rings. The van der Waals surface area contributed by atoms with Crippen LogP contribution in [-0.2, 0) is 18.1 Å². The predicted octanol–water partition coefficient (Wildman–Crippen LogP) is 0.448. The van der Waals surface area contributed by atoms with Gasteiger partial charge in [-0.2, -0.15) is 5.10 Å². The van der Waals surface area contributed by atoms with Gasteiger partial charge in [-0.25, -0.2) is 8.60 Å². The van der Waals surface area contributed by atoms with Crippen molar-refractivity contribution in [2.24, 2.45) is 7.05 Å². The van der Waals surface area contributed by atoms with Crippen molar-refractivity contribution >= 4 is 11.1 Å². The molecule has 0 aliphatic rings. The number of aryl methyl sites for hydroxylation is 2. The Morgan fingerprint density at radius 2 is 2.27 bits per heavy atom. The molecule has 4 nitrogen and oxygen atoms in total. The van der Waals surface area contributed by atoms with Crippen molar-refractivity contribution in [2.75, 3.05) is 0 Å². The number of hydrogen-bond acceptors (Lipinski definition) is 2. The first-order valence-corrected chi connectivity index (χ1v) is 3.94. The average molecular weight is 178 g/mol. The van der Waals surface area contributed by atoms with E-state index >= 15 is 0 Å². The van der Waals surface area contributed by atoms with E-state index in [9.17, 15) is 8.60 Å². The molecule has 0 aromatic carbocycles. The van der Waals surface area contributed by atoms with Crippen LogP contribution in [0.15, 0.2) is 5.03 Å². The highest BCUT2D eigenvalue weighted by atomic mass is 32.2. The first-order valence-electron chi connectivity index (χ1n) is 2.84. The van der Waals surface area contributed by atoms with Crippen molar-refractivity contribution < 1.29 is 13.2 Å². The minimum Gasteiger partial charge on any atom is -0.301 e. The highest BCUT2D eigenvalue weighted by Crippen LogP contribution is 2.12. The highest BCUT2D eigenvalue weighted by Gasteiger charge is 2.16. The smallest absolute Gasteiger partial charge is 0.208 e. The van der Waals surface area contributed by atoms with Crippen molar-refractivity contribution in [3.05, 3.63) is 11.5 Å². The third kappa shape index (κ3) is 1.31. The lowest BCUT2D eigenvalue weighted by Gasteiger charge is -1.92. The monoisotopic (exact) mass is 178 g/mol. The van der Waals surface area contributed by atoms with Gasteiger partial charge in [0.15, 0.2) is 10.8 Å². The van der Waals surface area contributed by atoms with Gasteiger partial charge >= 0.3 is 0 Å². The fourth-order valence-corrected chi connectivity index (χ4v) is 1.37. The summed E-state index contributed by atoms with van der Waals surface area (Å²) in [4.78, 5) is 0. The molecule has 1 aromatic heterocycles. The standard InChI is InChI=1S/C5H7FN2O2S/c1-3-4(6)5(11(9)10)8(2)7-3/h1-2H3,(H,9,10). The molecule has 6 heteroatoms. The Bertz CT molecular complexity index is 310. The van der Waals surface area contributed by atoms with E-state index in [1.54, 1.807) is 0 Å². The van der Waals surface area contributed by atoms with Crippen LogP contribution in [0, 0.1) is 12.7 Å². The van der Waals surface area contributed by atoms with Crippen LogP contribution in [0.5, 0.6) is 0 Å². The van der Waals surface area contributed by atoms with Crippen LogP contribution in [0.25, 0.3) is 0 Å². The maximum atomic E-state index is 12.8. The van der Waals surface area contributed by atoms with Crippen LogP contribution in [0.2, 0.25) is 0 Å². The van der Waals surface area contributed by atoms with Crippen molar-refractivity contribution in [3.63, 3.8) is 0 Å². The second-order valence-corrected chi connectivity index (χ2v) is 2.96.